The molecular weight excluding hydrogens is 385 g/mol. The van der Waals surface area contributed by atoms with Crippen LogP contribution in [0.15, 0.2) is 48.9 Å². The van der Waals surface area contributed by atoms with Crippen LogP contribution in [0.25, 0.3) is 11.1 Å². The van der Waals surface area contributed by atoms with E-state index in [2.05, 4.69) is 15.4 Å². The Morgan fingerprint density at radius 1 is 1.30 bits per heavy atom. The first-order valence-corrected chi connectivity index (χ1v) is 9.91. The minimum atomic E-state index is -0.288. The van der Waals surface area contributed by atoms with Gasteiger partial charge in [0.25, 0.3) is 5.91 Å². The van der Waals surface area contributed by atoms with Gasteiger partial charge in [0.1, 0.15) is 11.6 Å². The number of anilines is 1. The average Bonchev–Trinajstić information content (AvgIpc) is 3.35. The fourth-order valence-corrected chi connectivity index (χ4v) is 3.75. The summed E-state index contributed by atoms with van der Waals surface area (Å²) in [5.41, 5.74) is 8.69. The smallest absolute Gasteiger partial charge is 0.255 e. The molecule has 1 aromatic carbocycles. The van der Waals surface area contributed by atoms with Crippen LogP contribution < -0.4 is 11.1 Å². The van der Waals surface area contributed by atoms with Gasteiger partial charge in [-0.1, -0.05) is 12.1 Å². The topological polar surface area (TPSA) is 95.1 Å². The molecule has 1 fully saturated rings. The van der Waals surface area contributed by atoms with E-state index in [9.17, 15) is 9.18 Å². The molecule has 2 aromatic heterocycles. The highest BCUT2D eigenvalue weighted by Gasteiger charge is 2.30. The molecule has 0 radical (unpaired) electrons. The Morgan fingerprint density at radius 2 is 2.17 bits per heavy atom. The minimum absolute atomic E-state index is 0.132. The number of nitrogens with two attached hydrogens (primary N) is 1. The molecule has 0 unspecified atom stereocenters. The Labute approximate surface area is 174 Å². The molecule has 1 aliphatic rings. The largest absolute Gasteiger partial charge is 0.383 e. The van der Waals surface area contributed by atoms with Gasteiger partial charge in [-0.25, -0.2) is 9.37 Å². The van der Waals surface area contributed by atoms with Crippen LogP contribution in [-0.2, 0) is 18.4 Å². The Kier molecular flexibility index (Phi) is 5.76. The molecule has 156 valence electrons. The lowest BCUT2D eigenvalue weighted by Gasteiger charge is -2.22. The van der Waals surface area contributed by atoms with Gasteiger partial charge in [-0.3, -0.25) is 9.48 Å². The molecule has 1 saturated carbocycles. The van der Waals surface area contributed by atoms with Crippen LogP contribution in [0.3, 0.4) is 0 Å². The zero-order valence-electron chi connectivity index (χ0n) is 16.7. The number of ether oxygens (including phenoxy) is 1. The normalized spacial score (nSPS) is 18.5. The third-order valence-electron chi connectivity index (χ3n) is 5.32. The zero-order valence-corrected chi connectivity index (χ0v) is 16.7. The first-order valence-electron chi connectivity index (χ1n) is 9.91. The number of nitrogens with one attached hydrogen (secondary N) is 1. The number of halogens is 1. The summed E-state index contributed by atoms with van der Waals surface area (Å²) < 4.78 is 21.0. The molecule has 0 bridgehead atoms. The monoisotopic (exact) mass is 409 g/mol. The van der Waals surface area contributed by atoms with Crippen molar-refractivity contribution >= 4 is 11.7 Å². The van der Waals surface area contributed by atoms with Crippen LogP contribution in [-0.4, -0.2) is 32.8 Å². The van der Waals surface area contributed by atoms with Crippen LogP contribution >= 0.6 is 0 Å². The summed E-state index contributed by atoms with van der Waals surface area (Å²) in [5.74, 6) is -0.392. The maximum atomic E-state index is 13.4. The van der Waals surface area contributed by atoms with Crippen LogP contribution in [0, 0.1) is 5.82 Å². The van der Waals surface area contributed by atoms with E-state index in [1.54, 1.807) is 29.2 Å². The van der Waals surface area contributed by atoms with Crippen molar-refractivity contribution in [3.05, 3.63) is 65.9 Å². The first kappa shape index (κ1) is 20.0. The third kappa shape index (κ3) is 4.49. The molecule has 2 atom stereocenters. The molecule has 4 rings (SSSR count). The van der Waals surface area contributed by atoms with Crippen molar-refractivity contribution in [3.63, 3.8) is 0 Å². The number of nitrogens with zero attached hydrogens (tertiary/aromatic N) is 3. The predicted octanol–water partition coefficient (Wildman–Crippen LogP) is 3.07. The predicted molar refractivity (Wildman–Crippen MR) is 111 cm³/mol. The molecule has 1 aliphatic carbocycles. The van der Waals surface area contributed by atoms with E-state index >= 15 is 0 Å². The van der Waals surface area contributed by atoms with Gasteiger partial charge in [0, 0.05) is 30.6 Å². The number of rotatable bonds is 6. The third-order valence-corrected chi connectivity index (χ3v) is 5.32. The molecule has 0 aliphatic heterocycles. The average molecular weight is 409 g/mol. The van der Waals surface area contributed by atoms with Crippen molar-refractivity contribution < 1.29 is 13.9 Å². The number of carbonyl (C=O) groups excluding carboxylic acids is 1. The maximum Gasteiger partial charge on any atom is 0.255 e. The van der Waals surface area contributed by atoms with Crippen LogP contribution in [0.1, 0.15) is 35.2 Å². The number of benzene rings is 1. The molecule has 1 amide bonds. The van der Waals surface area contributed by atoms with Crippen molar-refractivity contribution in [2.24, 2.45) is 7.05 Å². The Morgan fingerprint density at radius 3 is 2.93 bits per heavy atom. The fraction of sp³-hybridized carbons (Fsp3) is 0.318. The highest BCUT2D eigenvalue weighted by atomic mass is 19.1. The van der Waals surface area contributed by atoms with Crippen molar-refractivity contribution in [3.8, 4) is 11.1 Å². The van der Waals surface area contributed by atoms with E-state index in [4.69, 9.17) is 10.5 Å². The molecule has 0 saturated heterocycles. The molecule has 3 aromatic rings. The van der Waals surface area contributed by atoms with E-state index < -0.39 is 0 Å². The van der Waals surface area contributed by atoms with Gasteiger partial charge in [0.15, 0.2) is 0 Å². The number of nitrogen functional groups attached to an aromatic ring is 1. The number of aromatic nitrogens is 3. The summed E-state index contributed by atoms with van der Waals surface area (Å²) in [5, 5.41) is 7.19. The standard InChI is InChI=1S/C22H24FN5O2/c1-28-12-16(11-26-28)15-9-18(21(24)25-10-15)22(29)27-19-6-3-7-20(19)30-13-14-4-2-5-17(23)8-14/h2,4-5,8-12,19-20H,3,6-7,13H2,1H3,(H2,24,25)(H,27,29)/t19-,20-/m0/s1. The highest BCUT2D eigenvalue weighted by molar-refractivity contribution is 5.99. The zero-order chi connectivity index (χ0) is 21.1. The van der Waals surface area contributed by atoms with Crippen LogP contribution in [0.4, 0.5) is 10.2 Å². The Hall–Kier alpha value is -3.26. The molecule has 2 heterocycles. The van der Waals surface area contributed by atoms with E-state index in [0.717, 1.165) is 36.0 Å². The molecule has 3 N–H and O–H groups in total. The van der Waals surface area contributed by atoms with Gasteiger partial charge < -0.3 is 15.8 Å². The van der Waals surface area contributed by atoms with Crippen molar-refractivity contribution in [2.75, 3.05) is 5.73 Å². The lowest BCUT2D eigenvalue weighted by atomic mass is 10.1. The number of amides is 1. The van der Waals surface area contributed by atoms with Gasteiger partial charge >= 0.3 is 0 Å². The molecule has 8 heteroatoms. The van der Waals surface area contributed by atoms with E-state index in [1.807, 2.05) is 19.3 Å². The van der Waals surface area contributed by atoms with Gasteiger partial charge in [-0.2, -0.15) is 5.10 Å². The Balaban J connectivity index is 1.43. The minimum Gasteiger partial charge on any atom is -0.383 e. The second-order valence-corrected chi connectivity index (χ2v) is 7.55. The highest BCUT2D eigenvalue weighted by Crippen LogP contribution is 2.25. The summed E-state index contributed by atoms with van der Waals surface area (Å²) in [6.45, 7) is 0.301. The summed E-state index contributed by atoms with van der Waals surface area (Å²) in [7, 11) is 1.83. The van der Waals surface area contributed by atoms with E-state index in [1.165, 1.54) is 12.1 Å². The van der Waals surface area contributed by atoms with Crippen LogP contribution in [0.5, 0.6) is 0 Å². The number of hydrogen-bond acceptors (Lipinski definition) is 5. The number of carbonyl (C=O) groups is 1. The SMILES string of the molecule is Cn1cc(-c2cnc(N)c(C(=O)N[C@H]3CCC[C@@H]3OCc3cccc(F)c3)c2)cn1. The van der Waals surface area contributed by atoms with Crippen LogP contribution in [0.2, 0.25) is 0 Å². The van der Waals surface area contributed by atoms with Gasteiger partial charge in [0.2, 0.25) is 0 Å². The summed E-state index contributed by atoms with van der Waals surface area (Å²) in [6.07, 6.45) is 7.66. The number of aryl methyl sites for hydroxylation is 1. The number of hydrogen-bond donors (Lipinski definition) is 2. The first-order chi connectivity index (χ1) is 14.5. The quantitative estimate of drug-likeness (QED) is 0.652. The second kappa shape index (κ2) is 8.62. The van der Waals surface area contributed by atoms with Gasteiger partial charge in [-0.05, 0) is 43.0 Å². The van der Waals surface area contributed by atoms with Crippen molar-refractivity contribution in [2.45, 2.75) is 38.0 Å². The lowest BCUT2D eigenvalue weighted by molar-refractivity contribution is 0.0271. The van der Waals surface area contributed by atoms with E-state index in [0.29, 0.717) is 12.2 Å². The fourth-order valence-electron chi connectivity index (χ4n) is 3.75. The van der Waals surface area contributed by atoms with E-state index in [-0.39, 0.29) is 29.7 Å². The maximum absolute atomic E-state index is 13.4. The molecule has 7 nitrogen and oxygen atoms in total. The summed E-state index contributed by atoms with van der Waals surface area (Å²) >= 11 is 0. The lowest BCUT2D eigenvalue weighted by Crippen LogP contribution is -2.41. The second-order valence-electron chi connectivity index (χ2n) is 7.55. The molecular formula is C22H24FN5O2. The van der Waals surface area contributed by atoms with Gasteiger partial charge in [-0.15, -0.1) is 0 Å². The number of pyridine rings is 1. The van der Waals surface area contributed by atoms with Crippen molar-refractivity contribution in [1.29, 1.82) is 0 Å². The molecule has 0 spiro atoms. The Bertz CT molecular complexity index is 1050. The summed E-state index contributed by atoms with van der Waals surface area (Å²) in [6, 6.07) is 7.94. The summed E-state index contributed by atoms with van der Waals surface area (Å²) in [4.78, 5) is 17.1. The van der Waals surface area contributed by atoms with Crippen molar-refractivity contribution in [1.82, 2.24) is 20.1 Å². The van der Waals surface area contributed by atoms with Gasteiger partial charge in [0.05, 0.1) is 30.5 Å². The molecule has 30 heavy (non-hydrogen) atoms.